The lowest BCUT2D eigenvalue weighted by atomic mass is 9.82. The monoisotopic (exact) mass is 386 g/mol. The van der Waals surface area contributed by atoms with Crippen LogP contribution >= 0.6 is 0 Å². The Kier molecular flexibility index (Phi) is 4.95. The molecule has 2 aliphatic heterocycles. The van der Waals surface area contributed by atoms with Crippen molar-refractivity contribution in [2.45, 2.75) is 6.54 Å². The fraction of sp³-hybridized carbons (Fsp3) is 0.500. The molecule has 3 heterocycles. The molecule has 4 rings (SSSR count). The van der Waals surface area contributed by atoms with E-state index >= 15 is 0 Å². The molecule has 0 saturated carbocycles. The standard InChI is InChI=1S/C18H22N6O4/c25-12-18-10-22(16(26)8-24-13-19-20-21-24)6-14(18)7-23(11-18)17(27)9-28-15-4-2-1-3-5-15/h1-5,13-14,25H,6-12H2. The quantitative estimate of drug-likeness (QED) is 0.680. The summed E-state index contributed by atoms with van der Waals surface area (Å²) in [6.07, 6.45) is 1.39. The Hall–Kier alpha value is -3.01. The molecule has 0 radical (unpaired) electrons. The maximum Gasteiger partial charge on any atom is 0.260 e. The molecule has 2 saturated heterocycles. The summed E-state index contributed by atoms with van der Waals surface area (Å²) in [5.41, 5.74) is -0.487. The van der Waals surface area contributed by atoms with Crippen LogP contribution in [0.4, 0.5) is 0 Å². The fourth-order valence-corrected chi connectivity index (χ4v) is 4.03. The molecule has 0 spiro atoms. The number of aliphatic hydroxyl groups excluding tert-OH is 1. The third-order valence-electron chi connectivity index (χ3n) is 5.57. The number of aromatic nitrogens is 4. The van der Waals surface area contributed by atoms with Crippen LogP contribution in [0.5, 0.6) is 5.75 Å². The van der Waals surface area contributed by atoms with Crippen molar-refractivity contribution in [2.75, 3.05) is 39.4 Å². The van der Waals surface area contributed by atoms with Gasteiger partial charge in [0.1, 0.15) is 18.6 Å². The average Bonchev–Trinajstić information content (AvgIpc) is 3.41. The molecule has 1 N–H and O–H groups in total. The zero-order chi connectivity index (χ0) is 19.6. The van der Waals surface area contributed by atoms with E-state index < -0.39 is 5.41 Å². The molecule has 2 amide bonds. The van der Waals surface area contributed by atoms with E-state index in [-0.39, 0.29) is 37.5 Å². The summed E-state index contributed by atoms with van der Waals surface area (Å²) in [6.45, 7) is 1.79. The predicted molar refractivity (Wildman–Crippen MR) is 95.9 cm³/mol. The summed E-state index contributed by atoms with van der Waals surface area (Å²) >= 11 is 0. The summed E-state index contributed by atoms with van der Waals surface area (Å²) in [5, 5.41) is 20.8. The lowest BCUT2D eigenvalue weighted by Gasteiger charge is -2.27. The molecule has 2 aromatic rings. The topological polar surface area (TPSA) is 114 Å². The van der Waals surface area contributed by atoms with Crippen LogP contribution in [-0.2, 0) is 16.1 Å². The number of hydrogen-bond acceptors (Lipinski definition) is 7. The average molecular weight is 386 g/mol. The first-order chi connectivity index (χ1) is 13.6. The zero-order valence-corrected chi connectivity index (χ0v) is 15.3. The third-order valence-corrected chi connectivity index (χ3v) is 5.57. The first-order valence-corrected chi connectivity index (χ1v) is 9.15. The number of benzene rings is 1. The molecule has 2 atom stereocenters. The molecule has 1 aromatic heterocycles. The highest BCUT2D eigenvalue weighted by Gasteiger charge is 2.54. The Morgan fingerprint density at radius 3 is 2.46 bits per heavy atom. The number of amides is 2. The normalized spacial score (nSPS) is 23.7. The highest BCUT2D eigenvalue weighted by molar-refractivity contribution is 5.79. The molecule has 2 aliphatic rings. The van der Waals surface area contributed by atoms with Gasteiger partial charge in [-0.05, 0) is 22.6 Å². The lowest BCUT2D eigenvalue weighted by molar-refractivity contribution is -0.133. The summed E-state index contributed by atoms with van der Waals surface area (Å²) in [7, 11) is 0. The van der Waals surface area contributed by atoms with Crippen molar-refractivity contribution in [3.63, 3.8) is 0 Å². The second kappa shape index (κ2) is 7.55. The second-order valence-corrected chi connectivity index (χ2v) is 7.38. The van der Waals surface area contributed by atoms with E-state index in [1.165, 1.54) is 11.0 Å². The number of nitrogens with zero attached hydrogens (tertiary/aromatic N) is 6. The molecule has 2 unspecified atom stereocenters. The van der Waals surface area contributed by atoms with Crippen molar-refractivity contribution in [3.05, 3.63) is 36.7 Å². The van der Waals surface area contributed by atoms with E-state index in [1.54, 1.807) is 21.9 Å². The van der Waals surface area contributed by atoms with Gasteiger partial charge in [0, 0.05) is 37.5 Å². The first-order valence-electron chi connectivity index (χ1n) is 9.15. The van der Waals surface area contributed by atoms with E-state index in [4.69, 9.17) is 4.74 Å². The van der Waals surface area contributed by atoms with Gasteiger partial charge in [-0.2, -0.15) is 0 Å². The number of hydrogen-bond donors (Lipinski definition) is 1. The Bertz CT molecular complexity index is 830. The molecular weight excluding hydrogens is 364 g/mol. The Labute approximate surface area is 161 Å². The van der Waals surface area contributed by atoms with Crippen LogP contribution in [-0.4, -0.2) is 86.3 Å². The van der Waals surface area contributed by atoms with Gasteiger partial charge in [-0.25, -0.2) is 4.68 Å². The van der Waals surface area contributed by atoms with Gasteiger partial charge in [-0.15, -0.1) is 5.10 Å². The van der Waals surface area contributed by atoms with E-state index in [9.17, 15) is 14.7 Å². The van der Waals surface area contributed by atoms with Crippen LogP contribution in [0, 0.1) is 11.3 Å². The second-order valence-electron chi connectivity index (χ2n) is 7.38. The minimum Gasteiger partial charge on any atom is -0.484 e. The Morgan fingerprint density at radius 2 is 1.86 bits per heavy atom. The lowest BCUT2D eigenvalue weighted by Crippen LogP contribution is -2.42. The van der Waals surface area contributed by atoms with Crippen molar-refractivity contribution >= 4 is 11.8 Å². The zero-order valence-electron chi connectivity index (χ0n) is 15.3. The maximum absolute atomic E-state index is 12.5. The van der Waals surface area contributed by atoms with E-state index in [2.05, 4.69) is 15.5 Å². The molecule has 0 bridgehead atoms. The van der Waals surface area contributed by atoms with Gasteiger partial charge in [0.15, 0.2) is 6.61 Å². The van der Waals surface area contributed by atoms with E-state index in [1.807, 2.05) is 18.2 Å². The number of ether oxygens (including phenoxy) is 1. The Morgan fingerprint density at radius 1 is 1.14 bits per heavy atom. The molecule has 10 nitrogen and oxygen atoms in total. The van der Waals surface area contributed by atoms with Crippen molar-refractivity contribution < 1.29 is 19.4 Å². The van der Waals surface area contributed by atoms with Crippen LogP contribution in [0.3, 0.4) is 0 Å². The van der Waals surface area contributed by atoms with Crippen LogP contribution in [0.1, 0.15) is 0 Å². The van der Waals surface area contributed by atoms with Crippen molar-refractivity contribution in [3.8, 4) is 5.75 Å². The van der Waals surface area contributed by atoms with Crippen molar-refractivity contribution in [2.24, 2.45) is 11.3 Å². The Balaban J connectivity index is 1.34. The molecule has 2 fully saturated rings. The molecule has 10 heteroatoms. The molecular formula is C18H22N6O4. The van der Waals surface area contributed by atoms with E-state index in [0.29, 0.717) is 31.9 Å². The number of carbonyl (C=O) groups excluding carboxylic acids is 2. The SMILES string of the molecule is O=C(COc1ccccc1)N1CC2CN(C(=O)Cn3cnnn3)CC2(CO)C1. The smallest absolute Gasteiger partial charge is 0.260 e. The summed E-state index contributed by atoms with van der Waals surface area (Å²) in [4.78, 5) is 28.5. The van der Waals surface area contributed by atoms with Gasteiger partial charge in [0.2, 0.25) is 5.91 Å². The van der Waals surface area contributed by atoms with Gasteiger partial charge in [0.05, 0.1) is 6.61 Å². The number of fused-ring (bicyclic) bond motifs is 1. The molecule has 1 aromatic carbocycles. The van der Waals surface area contributed by atoms with Crippen LogP contribution in [0.2, 0.25) is 0 Å². The predicted octanol–water partition coefficient (Wildman–Crippen LogP) is -0.969. The van der Waals surface area contributed by atoms with Crippen molar-refractivity contribution in [1.29, 1.82) is 0 Å². The first kappa shape index (κ1) is 18.4. The third kappa shape index (κ3) is 3.55. The number of likely N-dealkylation sites (tertiary alicyclic amines) is 2. The molecule has 28 heavy (non-hydrogen) atoms. The van der Waals surface area contributed by atoms with Gasteiger partial charge in [-0.1, -0.05) is 18.2 Å². The minimum atomic E-state index is -0.487. The molecule has 0 aliphatic carbocycles. The van der Waals surface area contributed by atoms with Crippen LogP contribution in [0.25, 0.3) is 0 Å². The van der Waals surface area contributed by atoms with Gasteiger partial charge in [0.25, 0.3) is 5.91 Å². The minimum absolute atomic E-state index is 0.0380. The largest absolute Gasteiger partial charge is 0.484 e. The van der Waals surface area contributed by atoms with Gasteiger partial charge >= 0.3 is 0 Å². The number of aliphatic hydroxyl groups is 1. The number of tetrazole rings is 1. The number of para-hydroxylation sites is 1. The van der Waals surface area contributed by atoms with Gasteiger partial charge in [-0.3, -0.25) is 9.59 Å². The number of rotatable bonds is 6. The summed E-state index contributed by atoms with van der Waals surface area (Å²) in [6, 6.07) is 9.18. The summed E-state index contributed by atoms with van der Waals surface area (Å²) in [5.74, 6) is 0.472. The van der Waals surface area contributed by atoms with Crippen LogP contribution in [0.15, 0.2) is 36.7 Å². The van der Waals surface area contributed by atoms with Gasteiger partial charge < -0.3 is 19.6 Å². The molecule has 148 valence electrons. The van der Waals surface area contributed by atoms with Crippen LogP contribution < -0.4 is 4.74 Å². The highest BCUT2D eigenvalue weighted by Crippen LogP contribution is 2.42. The van der Waals surface area contributed by atoms with E-state index in [0.717, 1.165) is 0 Å². The summed E-state index contributed by atoms with van der Waals surface area (Å²) < 4.78 is 6.92. The maximum atomic E-state index is 12.5. The van der Waals surface area contributed by atoms with Crippen molar-refractivity contribution in [1.82, 2.24) is 30.0 Å². The number of carbonyl (C=O) groups is 2. The highest BCUT2D eigenvalue weighted by atomic mass is 16.5. The fourth-order valence-electron chi connectivity index (χ4n) is 4.03.